The molecule has 4 aromatic rings. The maximum absolute atomic E-state index is 13.1. The Balaban J connectivity index is 1.35. The number of hydrogen-bond acceptors (Lipinski definition) is 5. The van der Waals surface area contributed by atoms with Gasteiger partial charge in [-0.1, -0.05) is 18.2 Å². The molecule has 2 aromatic heterocycles. The zero-order chi connectivity index (χ0) is 22.5. The Morgan fingerprint density at radius 1 is 1.12 bits per heavy atom. The lowest BCUT2D eigenvalue weighted by Gasteiger charge is -2.03. The van der Waals surface area contributed by atoms with Crippen LogP contribution in [0.5, 0.6) is 0 Å². The number of aryl methyl sites for hydroxylation is 1. The second-order valence-electron chi connectivity index (χ2n) is 7.10. The molecule has 32 heavy (non-hydrogen) atoms. The Bertz CT molecular complexity index is 1270. The van der Waals surface area contributed by atoms with Gasteiger partial charge in [0.1, 0.15) is 29.0 Å². The van der Waals surface area contributed by atoms with Gasteiger partial charge in [0.15, 0.2) is 5.76 Å². The largest absolute Gasteiger partial charge is 0.451 e. The molecule has 0 spiro atoms. The third-order valence-electron chi connectivity index (χ3n) is 4.94. The fourth-order valence-electron chi connectivity index (χ4n) is 3.32. The van der Waals surface area contributed by atoms with Crippen LogP contribution >= 0.6 is 0 Å². The normalized spacial score (nSPS) is 10.6. The fourth-order valence-corrected chi connectivity index (χ4v) is 3.32. The summed E-state index contributed by atoms with van der Waals surface area (Å²) < 4.78 is 20.2. The van der Waals surface area contributed by atoms with Crippen molar-refractivity contribution < 1.29 is 13.6 Å². The lowest BCUT2D eigenvalue weighted by molar-refractivity contribution is 0.0926. The number of halogens is 1. The van der Waals surface area contributed by atoms with Crippen molar-refractivity contribution >= 4 is 11.7 Å². The number of aromatic nitrogens is 2. The van der Waals surface area contributed by atoms with Crippen LogP contribution < -0.4 is 11.1 Å². The number of nitrogen functional groups attached to an aromatic ring is 1. The van der Waals surface area contributed by atoms with Gasteiger partial charge in [-0.3, -0.25) is 4.79 Å². The molecule has 0 radical (unpaired) electrons. The van der Waals surface area contributed by atoms with Crippen LogP contribution in [0, 0.1) is 17.1 Å². The van der Waals surface area contributed by atoms with Crippen LogP contribution in [0.15, 0.2) is 71.1 Å². The minimum absolute atomic E-state index is 0.166. The highest BCUT2D eigenvalue weighted by Gasteiger charge is 2.17. The molecule has 0 bridgehead atoms. The van der Waals surface area contributed by atoms with E-state index in [2.05, 4.69) is 16.5 Å². The molecule has 0 aliphatic heterocycles. The monoisotopic (exact) mass is 429 g/mol. The molecular formula is C24H20FN5O2. The number of nitrogens with one attached hydrogen (secondary N) is 1. The summed E-state index contributed by atoms with van der Waals surface area (Å²) in [6, 6.07) is 20.5. The van der Waals surface area contributed by atoms with Crippen LogP contribution in [0.4, 0.5) is 10.2 Å². The highest BCUT2D eigenvalue weighted by atomic mass is 19.1. The van der Waals surface area contributed by atoms with E-state index in [0.717, 1.165) is 5.69 Å². The molecule has 0 aliphatic rings. The van der Waals surface area contributed by atoms with E-state index in [9.17, 15) is 14.4 Å². The Morgan fingerprint density at radius 3 is 2.59 bits per heavy atom. The third kappa shape index (κ3) is 4.37. The summed E-state index contributed by atoms with van der Waals surface area (Å²) in [4.78, 5) is 12.4. The summed E-state index contributed by atoms with van der Waals surface area (Å²) in [5.41, 5.74) is 8.49. The second kappa shape index (κ2) is 9.18. The minimum atomic E-state index is -0.354. The molecule has 0 saturated heterocycles. The number of nitrogens with two attached hydrogens (primary N) is 1. The first-order valence-corrected chi connectivity index (χ1v) is 10.0. The van der Waals surface area contributed by atoms with Gasteiger partial charge in [0.2, 0.25) is 0 Å². The van der Waals surface area contributed by atoms with E-state index in [-0.39, 0.29) is 17.5 Å². The number of nitrogens with zero attached hydrogens (tertiary/aromatic N) is 3. The summed E-state index contributed by atoms with van der Waals surface area (Å²) >= 11 is 0. The van der Waals surface area contributed by atoms with Crippen LogP contribution in [-0.2, 0) is 6.42 Å². The van der Waals surface area contributed by atoms with Crippen molar-refractivity contribution in [2.45, 2.75) is 12.8 Å². The fraction of sp³-hybridized carbons (Fsp3) is 0.125. The number of benzene rings is 2. The van der Waals surface area contributed by atoms with E-state index in [0.29, 0.717) is 47.8 Å². The molecule has 2 aromatic carbocycles. The highest BCUT2D eigenvalue weighted by Crippen LogP contribution is 2.23. The third-order valence-corrected chi connectivity index (χ3v) is 4.94. The topological polar surface area (TPSA) is 110 Å². The van der Waals surface area contributed by atoms with Crippen molar-refractivity contribution in [1.82, 2.24) is 15.1 Å². The SMILES string of the molecule is N#Cc1c(CCCNC(=O)c2ccc(-c3ccc(F)cc3)o2)nn(-c2ccccc2)c1N. The van der Waals surface area contributed by atoms with Crippen molar-refractivity contribution in [3.05, 3.63) is 89.6 Å². The Morgan fingerprint density at radius 2 is 1.88 bits per heavy atom. The lowest BCUT2D eigenvalue weighted by Crippen LogP contribution is -2.24. The Labute approximate surface area is 183 Å². The summed E-state index contributed by atoms with van der Waals surface area (Å²) in [5, 5.41) is 16.8. The molecule has 8 heteroatoms. The van der Waals surface area contributed by atoms with E-state index in [4.69, 9.17) is 10.2 Å². The van der Waals surface area contributed by atoms with Crippen molar-refractivity contribution in [2.24, 2.45) is 0 Å². The maximum Gasteiger partial charge on any atom is 0.287 e. The van der Waals surface area contributed by atoms with Gasteiger partial charge in [0.05, 0.1) is 11.4 Å². The summed E-state index contributed by atoms with van der Waals surface area (Å²) in [6.45, 7) is 0.369. The average Bonchev–Trinajstić information content (AvgIpc) is 3.42. The van der Waals surface area contributed by atoms with Gasteiger partial charge in [-0.15, -0.1) is 0 Å². The molecule has 0 fully saturated rings. The first-order valence-electron chi connectivity index (χ1n) is 10.0. The van der Waals surface area contributed by atoms with Crippen LogP contribution in [0.1, 0.15) is 28.2 Å². The van der Waals surface area contributed by atoms with Gasteiger partial charge < -0.3 is 15.5 Å². The number of carbonyl (C=O) groups excluding carboxylic acids is 1. The van der Waals surface area contributed by atoms with Gasteiger partial charge in [-0.25, -0.2) is 9.07 Å². The highest BCUT2D eigenvalue weighted by molar-refractivity contribution is 5.92. The number of furan rings is 1. The van der Waals surface area contributed by atoms with Gasteiger partial charge >= 0.3 is 0 Å². The molecule has 7 nitrogen and oxygen atoms in total. The molecule has 4 rings (SSSR count). The first kappa shape index (κ1) is 20.9. The smallest absolute Gasteiger partial charge is 0.287 e. The molecule has 0 unspecified atom stereocenters. The predicted octanol–water partition coefficient (Wildman–Crippen LogP) is 4.09. The van der Waals surface area contributed by atoms with Gasteiger partial charge in [0, 0.05) is 12.1 Å². The first-order chi connectivity index (χ1) is 15.6. The van der Waals surface area contributed by atoms with Gasteiger partial charge in [-0.2, -0.15) is 10.4 Å². The number of anilines is 1. The van der Waals surface area contributed by atoms with Gasteiger partial charge in [0.25, 0.3) is 5.91 Å². The number of rotatable bonds is 7. The molecule has 0 saturated carbocycles. The van der Waals surface area contributed by atoms with Crippen LogP contribution in [0.25, 0.3) is 17.0 Å². The number of nitriles is 1. The molecule has 160 valence electrons. The molecule has 2 heterocycles. The second-order valence-corrected chi connectivity index (χ2v) is 7.10. The number of amides is 1. The maximum atomic E-state index is 13.1. The summed E-state index contributed by atoms with van der Waals surface area (Å²) in [6.07, 6.45) is 1.05. The van der Waals surface area contributed by atoms with Crippen LogP contribution in [-0.4, -0.2) is 22.2 Å². The van der Waals surface area contributed by atoms with Crippen LogP contribution in [0.2, 0.25) is 0 Å². The standard InChI is InChI=1S/C24H20FN5O2/c25-17-10-8-16(9-11-17)21-12-13-22(32-21)24(31)28-14-4-7-20-19(15-26)23(27)30(29-20)18-5-2-1-3-6-18/h1-3,5-6,8-13H,4,7,14,27H2,(H,28,31). The number of carbonyl (C=O) groups is 1. The average molecular weight is 429 g/mol. The Kier molecular flexibility index (Phi) is 5.99. The molecule has 0 atom stereocenters. The van der Waals surface area contributed by atoms with E-state index in [1.165, 1.54) is 12.1 Å². The summed E-state index contributed by atoms with van der Waals surface area (Å²) in [5.74, 6) is 0.249. The van der Waals surface area contributed by atoms with Crippen LogP contribution in [0.3, 0.4) is 0 Å². The minimum Gasteiger partial charge on any atom is -0.451 e. The molecule has 0 aliphatic carbocycles. The zero-order valence-corrected chi connectivity index (χ0v) is 17.1. The molecule has 3 N–H and O–H groups in total. The van der Waals surface area contributed by atoms with E-state index in [1.54, 1.807) is 28.9 Å². The van der Waals surface area contributed by atoms with Crippen molar-refractivity contribution in [1.29, 1.82) is 5.26 Å². The van der Waals surface area contributed by atoms with E-state index < -0.39 is 0 Å². The number of hydrogen-bond donors (Lipinski definition) is 2. The molecule has 1 amide bonds. The zero-order valence-electron chi connectivity index (χ0n) is 17.1. The van der Waals surface area contributed by atoms with Crippen molar-refractivity contribution in [3.8, 4) is 23.1 Å². The van der Waals surface area contributed by atoms with E-state index in [1.807, 2.05) is 30.3 Å². The lowest BCUT2D eigenvalue weighted by atomic mass is 10.1. The summed E-state index contributed by atoms with van der Waals surface area (Å²) in [7, 11) is 0. The van der Waals surface area contributed by atoms with E-state index >= 15 is 0 Å². The molecular weight excluding hydrogens is 409 g/mol. The van der Waals surface area contributed by atoms with Gasteiger partial charge in [-0.05, 0) is 61.4 Å². The quantitative estimate of drug-likeness (QED) is 0.430. The number of para-hydroxylation sites is 1. The van der Waals surface area contributed by atoms with Crippen molar-refractivity contribution in [2.75, 3.05) is 12.3 Å². The predicted molar refractivity (Wildman–Crippen MR) is 117 cm³/mol. The van der Waals surface area contributed by atoms with Crippen molar-refractivity contribution in [3.63, 3.8) is 0 Å². The Hall–Kier alpha value is -4.38.